The number of hydrogen-bond donors (Lipinski definition) is 1. The standard InChI is InChI=1S/C23H25N3O3/c27-22(21-6-3-13-29-21)25-9-11-26(12-10-25)23(28)24-18-7-8-20-17(15-18)14-16-4-1-2-5-19(16)20/h1-2,4-5,7-8,15,21H,3,6,9-14H2,(H,24,28)/t21-/m1/s1. The van der Waals surface area contributed by atoms with Gasteiger partial charge in [0.25, 0.3) is 5.91 Å². The smallest absolute Gasteiger partial charge is 0.321 e. The van der Waals surface area contributed by atoms with E-state index in [1.807, 2.05) is 11.0 Å². The van der Waals surface area contributed by atoms with Crippen LogP contribution in [0.2, 0.25) is 0 Å². The van der Waals surface area contributed by atoms with Gasteiger partial charge in [-0.1, -0.05) is 30.3 Å². The zero-order valence-corrected chi connectivity index (χ0v) is 16.4. The van der Waals surface area contributed by atoms with Gasteiger partial charge in [-0.15, -0.1) is 0 Å². The van der Waals surface area contributed by atoms with Crippen molar-refractivity contribution in [1.29, 1.82) is 0 Å². The molecule has 6 nitrogen and oxygen atoms in total. The molecule has 0 bridgehead atoms. The van der Waals surface area contributed by atoms with Gasteiger partial charge in [0.15, 0.2) is 0 Å². The highest BCUT2D eigenvalue weighted by atomic mass is 16.5. The van der Waals surface area contributed by atoms with Gasteiger partial charge in [0.1, 0.15) is 6.10 Å². The van der Waals surface area contributed by atoms with Crippen LogP contribution in [-0.2, 0) is 16.0 Å². The molecular formula is C23H25N3O3. The summed E-state index contributed by atoms with van der Waals surface area (Å²) in [7, 11) is 0. The van der Waals surface area contributed by atoms with Crippen LogP contribution in [0.15, 0.2) is 42.5 Å². The molecule has 2 heterocycles. The molecule has 1 atom stereocenters. The molecule has 2 aromatic rings. The van der Waals surface area contributed by atoms with Crippen molar-refractivity contribution < 1.29 is 14.3 Å². The number of nitrogens with zero attached hydrogens (tertiary/aromatic N) is 2. The second-order valence-corrected chi connectivity index (χ2v) is 7.95. The lowest BCUT2D eigenvalue weighted by Gasteiger charge is -2.35. The zero-order chi connectivity index (χ0) is 19.8. The molecule has 2 saturated heterocycles. The maximum absolute atomic E-state index is 12.7. The molecule has 29 heavy (non-hydrogen) atoms. The Labute approximate surface area is 170 Å². The molecule has 2 aromatic carbocycles. The molecule has 150 valence electrons. The van der Waals surface area contributed by atoms with Crippen LogP contribution in [0, 0.1) is 0 Å². The van der Waals surface area contributed by atoms with E-state index in [2.05, 4.69) is 41.7 Å². The van der Waals surface area contributed by atoms with Crippen LogP contribution in [0.3, 0.4) is 0 Å². The van der Waals surface area contributed by atoms with Crippen LogP contribution in [0.5, 0.6) is 0 Å². The summed E-state index contributed by atoms with van der Waals surface area (Å²) in [6, 6.07) is 14.5. The molecule has 1 N–H and O–H groups in total. The summed E-state index contributed by atoms with van der Waals surface area (Å²) in [5.74, 6) is 0.0701. The summed E-state index contributed by atoms with van der Waals surface area (Å²) in [5.41, 5.74) is 5.93. The highest BCUT2D eigenvalue weighted by Gasteiger charge is 2.31. The van der Waals surface area contributed by atoms with Crippen molar-refractivity contribution in [3.63, 3.8) is 0 Å². The predicted molar refractivity (Wildman–Crippen MR) is 111 cm³/mol. The van der Waals surface area contributed by atoms with Crippen LogP contribution in [0.25, 0.3) is 11.1 Å². The molecule has 3 amide bonds. The lowest BCUT2D eigenvalue weighted by Crippen LogP contribution is -2.53. The number of hydrogen-bond acceptors (Lipinski definition) is 3. The molecule has 3 aliphatic rings. The highest BCUT2D eigenvalue weighted by molar-refractivity contribution is 5.91. The van der Waals surface area contributed by atoms with Crippen molar-refractivity contribution in [3.05, 3.63) is 53.6 Å². The first-order chi connectivity index (χ1) is 14.2. The van der Waals surface area contributed by atoms with Crippen molar-refractivity contribution in [3.8, 4) is 11.1 Å². The van der Waals surface area contributed by atoms with Gasteiger partial charge in [0.05, 0.1) is 0 Å². The summed E-state index contributed by atoms with van der Waals surface area (Å²) < 4.78 is 5.50. The fourth-order valence-electron chi connectivity index (χ4n) is 4.53. The first-order valence-corrected chi connectivity index (χ1v) is 10.4. The second-order valence-electron chi connectivity index (χ2n) is 7.95. The van der Waals surface area contributed by atoms with Gasteiger partial charge in [-0.2, -0.15) is 0 Å². The van der Waals surface area contributed by atoms with E-state index >= 15 is 0 Å². The Morgan fingerprint density at radius 2 is 1.69 bits per heavy atom. The minimum atomic E-state index is -0.286. The molecule has 0 unspecified atom stereocenters. The fourth-order valence-corrected chi connectivity index (χ4v) is 4.53. The first kappa shape index (κ1) is 18.2. The van der Waals surface area contributed by atoms with Crippen LogP contribution < -0.4 is 5.32 Å². The lowest BCUT2D eigenvalue weighted by molar-refractivity contribution is -0.142. The van der Waals surface area contributed by atoms with Crippen LogP contribution in [-0.4, -0.2) is 60.6 Å². The van der Waals surface area contributed by atoms with E-state index in [-0.39, 0.29) is 18.0 Å². The summed E-state index contributed by atoms with van der Waals surface area (Å²) in [5, 5.41) is 3.03. The molecular weight excluding hydrogens is 366 g/mol. The molecule has 0 spiro atoms. The Kier molecular flexibility index (Phi) is 4.72. The Hall–Kier alpha value is -2.86. The minimum absolute atomic E-state index is 0.0701. The average molecular weight is 391 g/mol. The molecule has 0 aromatic heterocycles. The second kappa shape index (κ2) is 7.52. The number of anilines is 1. The van der Waals surface area contributed by atoms with Crippen molar-refractivity contribution in [2.45, 2.75) is 25.4 Å². The van der Waals surface area contributed by atoms with E-state index in [1.54, 1.807) is 4.90 Å². The Morgan fingerprint density at radius 3 is 2.48 bits per heavy atom. The Bertz CT molecular complexity index is 944. The summed E-state index contributed by atoms with van der Waals surface area (Å²) in [6.07, 6.45) is 2.37. The van der Waals surface area contributed by atoms with E-state index in [0.29, 0.717) is 32.8 Å². The zero-order valence-electron chi connectivity index (χ0n) is 16.4. The third-order valence-corrected chi connectivity index (χ3v) is 6.13. The summed E-state index contributed by atoms with van der Waals surface area (Å²) >= 11 is 0. The van der Waals surface area contributed by atoms with Crippen molar-refractivity contribution in [1.82, 2.24) is 9.80 Å². The normalized spacial score (nSPS) is 20.3. The van der Waals surface area contributed by atoms with E-state index < -0.39 is 0 Å². The number of piperazine rings is 1. The molecule has 1 aliphatic carbocycles. The first-order valence-electron chi connectivity index (χ1n) is 10.4. The summed E-state index contributed by atoms with van der Waals surface area (Å²) in [4.78, 5) is 28.8. The molecule has 2 aliphatic heterocycles. The number of ether oxygens (including phenoxy) is 1. The maximum Gasteiger partial charge on any atom is 0.321 e. The van der Waals surface area contributed by atoms with Gasteiger partial charge in [0, 0.05) is 38.5 Å². The number of fused-ring (bicyclic) bond motifs is 3. The number of urea groups is 1. The van der Waals surface area contributed by atoms with Crippen molar-refractivity contribution in [2.75, 3.05) is 38.1 Å². The lowest BCUT2D eigenvalue weighted by atomic mass is 10.1. The van der Waals surface area contributed by atoms with Gasteiger partial charge in [-0.05, 0) is 53.6 Å². The van der Waals surface area contributed by atoms with Gasteiger partial charge in [-0.3, -0.25) is 4.79 Å². The number of nitrogens with one attached hydrogen (secondary N) is 1. The third kappa shape index (κ3) is 3.49. The molecule has 0 saturated carbocycles. The van der Waals surface area contributed by atoms with E-state index in [1.165, 1.54) is 22.3 Å². The Morgan fingerprint density at radius 1 is 0.931 bits per heavy atom. The summed E-state index contributed by atoms with van der Waals surface area (Å²) in [6.45, 7) is 2.88. The number of rotatable bonds is 2. The number of benzene rings is 2. The van der Waals surface area contributed by atoms with Crippen molar-refractivity contribution >= 4 is 17.6 Å². The topological polar surface area (TPSA) is 61.9 Å². The van der Waals surface area contributed by atoms with Crippen LogP contribution in [0.1, 0.15) is 24.0 Å². The minimum Gasteiger partial charge on any atom is -0.368 e. The van der Waals surface area contributed by atoms with Gasteiger partial charge < -0.3 is 19.9 Å². The monoisotopic (exact) mass is 391 g/mol. The Balaban J connectivity index is 1.19. The van der Waals surface area contributed by atoms with Gasteiger partial charge in [0.2, 0.25) is 0 Å². The van der Waals surface area contributed by atoms with Crippen molar-refractivity contribution in [2.24, 2.45) is 0 Å². The molecule has 5 rings (SSSR count). The van der Waals surface area contributed by atoms with Crippen LogP contribution in [0.4, 0.5) is 10.5 Å². The SMILES string of the molecule is O=C(Nc1ccc2c(c1)Cc1ccccc1-2)N1CCN(C(=O)[C@H]2CCCO2)CC1. The predicted octanol–water partition coefficient (Wildman–Crippen LogP) is 3.11. The average Bonchev–Trinajstić information content (AvgIpc) is 3.41. The highest BCUT2D eigenvalue weighted by Crippen LogP contribution is 2.37. The largest absolute Gasteiger partial charge is 0.368 e. The number of carbonyl (C=O) groups excluding carboxylic acids is 2. The van der Waals surface area contributed by atoms with E-state index in [0.717, 1.165) is 24.9 Å². The number of carbonyl (C=O) groups is 2. The van der Waals surface area contributed by atoms with Gasteiger partial charge in [-0.25, -0.2) is 4.79 Å². The fraction of sp³-hybridized carbons (Fsp3) is 0.391. The molecule has 6 heteroatoms. The molecule has 2 fully saturated rings. The third-order valence-electron chi connectivity index (χ3n) is 6.13. The quantitative estimate of drug-likeness (QED) is 0.730. The number of amides is 3. The van der Waals surface area contributed by atoms with Gasteiger partial charge >= 0.3 is 6.03 Å². The molecule has 0 radical (unpaired) electrons. The van der Waals surface area contributed by atoms with E-state index in [9.17, 15) is 9.59 Å². The maximum atomic E-state index is 12.7. The van der Waals surface area contributed by atoms with E-state index in [4.69, 9.17) is 4.74 Å². The van der Waals surface area contributed by atoms with Crippen LogP contribution >= 0.6 is 0 Å².